The number of benzene rings is 3. The molecule has 0 saturated carbocycles. The predicted molar refractivity (Wildman–Crippen MR) is 148 cm³/mol. The van der Waals surface area contributed by atoms with E-state index >= 15 is 0 Å². The van der Waals surface area contributed by atoms with Gasteiger partial charge in [0.05, 0.1) is 22.7 Å². The fourth-order valence-corrected chi connectivity index (χ4v) is 5.36. The summed E-state index contributed by atoms with van der Waals surface area (Å²) in [4.78, 5) is 16.8. The number of nitrogens with zero attached hydrogens (tertiary/aromatic N) is 2. The third-order valence-electron chi connectivity index (χ3n) is 6.21. The number of aromatic carboxylic acids is 1. The molecule has 0 aliphatic rings. The minimum absolute atomic E-state index is 0.105. The lowest BCUT2D eigenvalue weighted by Gasteiger charge is -2.11. The van der Waals surface area contributed by atoms with Gasteiger partial charge in [0.2, 0.25) is 9.84 Å². The Morgan fingerprint density at radius 1 is 0.897 bits per heavy atom. The quantitative estimate of drug-likeness (QED) is 0.243. The summed E-state index contributed by atoms with van der Waals surface area (Å²) in [6.45, 7) is 2.67. The summed E-state index contributed by atoms with van der Waals surface area (Å²) in [6, 6.07) is 26.0. The SMILES string of the molecule is CCOc1cccc(-c2nccc3c2cc(C(=O)O)n3Cc2ccc(S(=O)(=O)COc3ccccc3)cc2)c1. The van der Waals surface area contributed by atoms with E-state index in [1.54, 1.807) is 59.3 Å². The van der Waals surface area contributed by atoms with E-state index in [9.17, 15) is 18.3 Å². The van der Waals surface area contributed by atoms with Gasteiger partial charge in [-0.1, -0.05) is 42.5 Å². The van der Waals surface area contributed by atoms with Gasteiger partial charge in [-0.25, -0.2) is 13.2 Å². The first-order valence-corrected chi connectivity index (χ1v) is 14.0. The van der Waals surface area contributed by atoms with Crippen LogP contribution in [0.2, 0.25) is 0 Å². The standard InChI is InChI=1S/C30H26N2O6S/c1-2-37-24-10-6-7-22(17-24)29-26-18-28(30(33)34)32(27(26)15-16-31-29)19-21-11-13-25(14-12-21)39(35,36)20-38-23-8-4-3-5-9-23/h3-18H,2,19-20H2,1H3,(H,33,34). The van der Waals surface area contributed by atoms with Gasteiger partial charge in [0.15, 0.2) is 5.94 Å². The van der Waals surface area contributed by atoms with Crippen molar-refractivity contribution in [2.75, 3.05) is 12.5 Å². The Labute approximate surface area is 226 Å². The summed E-state index contributed by atoms with van der Waals surface area (Å²) in [7, 11) is -3.68. The first-order valence-electron chi connectivity index (χ1n) is 12.3. The van der Waals surface area contributed by atoms with Crippen LogP contribution in [0.3, 0.4) is 0 Å². The van der Waals surface area contributed by atoms with Crippen LogP contribution < -0.4 is 9.47 Å². The average Bonchev–Trinajstić information content (AvgIpc) is 3.32. The molecule has 9 heteroatoms. The number of aromatic nitrogens is 2. The summed E-state index contributed by atoms with van der Waals surface area (Å²) in [5, 5.41) is 10.7. The van der Waals surface area contributed by atoms with Crippen LogP contribution in [0.1, 0.15) is 23.0 Å². The third kappa shape index (κ3) is 5.63. The molecule has 0 fully saturated rings. The number of carboxylic acids is 1. The second kappa shape index (κ2) is 11.0. The van der Waals surface area contributed by atoms with Crippen molar-refractivity contribution in [3.63, 3.8) is 0 Å². The summed E-state index contributed by atoms with van der Waals surface area (Å²) < 4.78 is 38.3. The van der Waals surface area contributed by atoms with Gasteiger partial charge in [-0.05, 0) is 61.0 Å². The van der Waals surface area contributed by atoms with E-state index in [1.165, 1.54) is 12.1 Å². The van der Waals surface area contributed by atoms with Gasteiger partial charge in [0, 0.05) is 23.7 Å². The van der Waals surface area contributed by atoms with Crippen molar-refractivity contribution in [1.82, 2.24) is 9.55 Å². The minimum Gasteiger partial charge on any atom is -0.494 e. The molecule has 0 aliphatic heterocycles. The van der Waals surface area contributed by atoms with Gasteiger partial charge >= 0.3 is 5.97 Å². The molecule has 1 N–H and O–H groups in total. The van der Waals surface area contributed by atoms with Gasteiger partial charge < -0.3 is 19.1 Å². The van der Waals surface area contributed by atoms with E-state index in [0.29, 0.717) is 34.7 Å². The van der Waals surface area contributed by atoms with Crippen LogP contribution in [0, 0.1) is 0 Å². The van der Waals surface area contributed by atoms with Crippen molar-refractivity contribution in [2.24, 2.45) is 0 Å². The molecule has 0 spiro atoms. The van der Waals surface area contributed by atoms with Gasteiger partial charge in [-0.2, -0.15) is 0 Å². The van der Waals surface area contributed by atoms with Crippen LogP contribution in [-0.4, -0.2) is 41.6 Å². The maximum atomic E-state index is 12.8. The molecule has 2 aromatic heterocycles. The number of sulfone groups is 1. The maximum Gasteiger partial charge on any atom is 0.352 e. The fourth-order valence-electron chi connectivity index (χ4n) is 4.38. The Morgan fingerprint density at radius 3 is 2.36 bits per heavy atom. The van der Waals surface area contributed by atoms with Crippen LogP contribution in [0.5, 0.6) is 11.5 Å². The zero-order chi connectivity index (χ0) is 27.4. The molecule has 5 aromatic rings. The Bertz CT molecular complexity index is 1730. The van der Waals surface area contributed by atoms with Crippen molar-refractivity contribution < 1.29 is 27.8 Å². The molecule has 0 unspecified atom stereocenters. The number of pyridine rings is 1. The Kier molecular flexibility index (Phi) is 7.33. The minimum atomic E-state index is -3.68. The van der Waals surface area contributed by atoms with E-state index in [-0.39, 0.29) is 17.1 Å². The highest BCUT2D eigenvalue weighted by Gasteiger charge is 2.20. The molecule has 8 nitrogen and oxygen atoms in total. The van der Waals surface area contributed by atoms with Gasteiger partial charge in [0.25, 0.3) is 0 Å². The Morgan fingerprint density at radius 2 is 1.64 bits per heavy atom. The number of carbonyl (C=O) groups is 1. The zero-order valence-electron chi connectivity index (χ0n) is 21.2. The summed E-state index contributed by atoms with van der Waals surface area (Å²) in [5.41, 5.74) is 3.01. The van der Waals surface area contributed by atoms with Crippen LogP contribution in [0.15, 0.2) is 102 Å². The van der Waals surface area contributed by atoms with E-state index in [1.807, 2.05) is 37.3 Å². The smallest absolute Gasteiger partial charge is 0.352 e. The van der Waals surface area contributed by atoms with Gasteiger partial charge in [-0.15, -0.1) is 0 Å². The highest BCUT2D eigenvalue weighted by atomic mass is 32.2. The van der Waals surface area contributed by atoms with Gasteiger partial charge in [0.1, 0.15) is 17.2 Å². The van der Waals surface area contributed by atoms with E-state index in [0.717, 1.165) is 11.1 Å². The highest BCUT2D eigenvalue weighted by Crippen LogP contribution is 2.32. The summed E-state index contributed by atoms with van der Waals surface area (Å²) in [5.74, 6) is -0.382. The van der Waals surface area contributed by atoms with E-state index in [4.69, 9.17) is 9.47 Å². The van der Waals surface area contributed by atoms with Crippen molar-refractivity contribution >= 4 is 26.7 Å². The Hall–Kier alpha value is -4.63. The first-order chi connectivity index (χ1) is 18.9. The van der Waals surface area contributed by atoms with Crippen LogP contribution >= 0.6 is 0 Å². The molecular formula is C30H26N2O6S. The molecule has 0 aliphatic carbocycles. The maximum absolute atomic E-state index is 12.8. The van der Waals surface area contributed by atoms with E-state index < -0.39 is 21.7 Å². The highest BCUT2D eigenvalue weighted by molar-refractivity contribution is 7.91. The summed E-state index contributed by atoms with van der Waals surface area (Å²) in [6.07, 6.45) is 1.65. The molecule has 0 saturated heterocycles. The lowest BCUT2D eigenvalue weighted by molar-refractivity contribution is 0.0686. The molecule has 0 bridgehead atoms. The summed E-state index contributed by atoms with van der Waals surface area (Å²) >= 11 is 0. The van der Waals surface area contributed by atoms with Crippen molar-refractivity contribution in [3.05, 3.63) is 108 Å². The molecular weight excluding hydrogens is 516 g/mol. The number of carboxylic acid groups (broad SMARTS) is 1. The largest absolute Gasteiger partial charge is 0.494 e. The first kappa shape index (κ1) is 26.0. The van der Waals surface area contributed by atoms with Crippen LogP contribution in [0.4, 0.5) is 0 Å². The Balaban J connectivity index is 1.44. The second-order valence-corrected chi connectivity index (χ2v) is 10.7. The lowest BCUT2D eigenvalue weighted by Crippen LogP contribution is -2.13. The molecule has 5 rings (SSSR count). The number of para-hydroxylation sites is 1. The van der Waals surface area contributed by atoms with Crippen molar-refractivity contribution in [2.45, 2.75) is 18.4 Å². The number of hydrogen-bond donors (Lipinski definition) is 1. The number of rotatable bonds is 10. The lowest BCUT2D eigenvalue weighted by atomic mass is 10.1. The molecule has 39 heavy (non-hydrogen) atoms. The topological polar surface area (TPSA) is 108 Å². The fraction of sp³-hybridized carbons (Fsp3) is 0.133. The number of ether oxygens (including phenoxy) is 2. The molecule has 0 amide bonds. The van der Waals surface area contributed by atoms with Crippen LogP contribution in [-0.2, 0) is 16.4 Å². The number of hydrogen-bond acceptors (Lipinski definition) is 6. The normalized spacial score (nSPS) is 11.4. The third-order valence-corrected chi connectivity index (χ3v) is 7.63. The molecule has 0 radical (unpaired) electrons. The molecule has 0 atom stereocenters. The zero-order valence-corrected chi connectivity index (χ0v) is 22.0. The molecule has 2 heterocycles. The monoisotopic (exact) mass is 542 g/mol. The van der Waals surface area contributed by atoms with E-state index in [2.05, 4.69) is 4.98 Å². The predicted octanol–water partition coefficient (Wildman–Crippen LogP) is 5.66. The van der Waals surface area contributed by atoms with Crippen LogP contribution in [0.25, 0.3) is 22.2 Å². The molecule has 3 aromatic carbocycles. The van der Waals surface area contributed by atoms with Crippen molar-refractivity contribution in [3.8, 4) is 22.8 Å². The average molecular weight is 543 g/mol. The number of fused-ring (bicyclic) bond motifs is 1. The van der Waals surface area contributed by atoms with Crippen molar-refractivity contribution in [1.29, 1.82) is 0 Å². The molecule has 198 valence electrons. The second-order valence-electron chi connectivity index (χ2n) is 8.81. The van der Waals surface area contributed by atoms with Gasteiger partial charge in [-0.3, -0.25) is 4.98 Å².